The van der Waals surface area contributed by atoms with Gasteiger partial charge < -0.3 is 24.8 Å². The second-order valence-corrected chi connectivity index (χ2v) is 7.44. The Bertz CT molecular complexity index is 779. The molecule has 29 heavy (non-hydrogen) atoms. The predicted octanol–water partition coefficient (Wildman–Crippen LogP) is 1.70. The molecule has 156 valence electrons. The van der Waals surface area contributed by atoms with Gasteiger partial charge in [0, 0.05) is 38.2 Å². The minimum Gasteiger partial charge on any atom is -0.463 e. The molecule has 3 heterocycles. The second kappa shape index (κ2) is 8.52. The SMILES string of the molecule is CCOC(=O)C1=C(CN2CCC3(CC2)OCCO3)NC(=O)NC1c1ccccc1. The van der Waals surface area contributed by atoms with Crippen molar-refractivity contribution in [2.45, 2.75) is 31.6 Å². The average Bonchev–Trinajstić information content (AvgIpc) is 3.18. The lowest BCUT2D eigenvalue weighted by atomic mass is 9.94. The van der Waals surface area contributed by atoms with Gasteiger partial charge in [-0.25, -0.2) is 9.59 Å². The number of urea groups is 1. The van der Waals surface area contributed by atoms with Crippen LogP contribution in [0.25, 0.3) is 0 Å². The lowest BCUT2D eigenvalue weighted by Crippen LogP contribution is -2.51. The summed E-state index contributed by atoms with van der Waals surface area (Å²) in [5.41, 5.74) is 1.88. The van der Waals surface area contributed by atoms with Crippen molar-refractivity contribution in [1.29, 1.82) is 0 Å². The van der Waals surface area contributed by atoms with Crippen molar-refractivity contribution in [1.82, 2.24) is 15.5 Å². The van der Waals surface area contributed by atoms with Crippen molar-refractivity contribution < 1.29 is 23.8 Å². The summed E-state index contributed by atoms with van der Waals surface area (Å²) < 4.78 is 16.9. The van der Waals surface area contributed by atoms with Crippen LogP contribution in [-0.2, 0) is 19.0 Å². The number of rotatable bonds is 5. The van der Waals surface area contributed by atoms with E-state index >= 15 is 0 Å². The number of benzene rings is 1. The lowest BCUT2D eigenvalue weighted by molar-refractivity contribution is -0.184. The van der Waals surface area contributed by atoms with Crippen LogP contribution in [0.5, 0.6) is 0 Å². The molecule has 0 bridgehead atoms. The Balaban J connectivity index is 1.58. The van der Waals surface area contributed by atoms with E-state index in [4.69, 9.17) is 14.2 Å². The van der Waals surface area contributed by atoms with Crippen LogP contribution in [-0.4, -0.2) is 62.1 Å². The maximum atomic E-state index is 12.8. The molecule has 1 aromatic carbocycles. The van der Waals surface area contributed by atoms with Crippen LogP contribution in [0.4, 0.5) is 4.79 Å². The van der Waals surface area contributed by atoms with Gasteiger partial charge in [-0.1, -0.05) is 30.3 Å². The van der Waals surface area contributed by atoms with Gasteiger partial charge in [-0.3, -0.25) is 4.90 Å². The quantitative estimate of drug-likeness (QED) is 0.730. The standard InChI is InChI=1S/C21H27N3O5/c1-2-27-19(25)17-16(14-24-10-8-21(9-11-24)28-12-13-29-21)22-20(26)23-18(17)15-6-4-3-5-7-15/h3-7,18H,2,8-14H2,1H3,(H2,22,23,26). The van der Waals surface area contributed by atoms with Crippen LogP contribution in [0.1, 0.15) is 31.4 Å². The topological polar surface area (TPSA) is 89.1 Å². The highest BCUT2D eigenvalue weighted by atomic mass is 16.7. The molecule has 2 saturated heterocycles. The molecule has 0 saturated carbocycles. The Morgan fingerprint density at radius 1 is 1.21 bits per heavy atom. The normalized spacial score (nSPS) is 24.3. The average molecular weight is 401 g/mol. The molecule has 3 aliphatic heterocycles. The molecule has 8 nitrogen and oxygen atoms in total. The molecule has 1 atom stereocenters. The summed E-state index contributed by atoms with van der Waals surface area (Å²) >= 11 is 0. The number of nitrogens with one attached hydrogen (secondary N) is 2. The first kappa shape index (κ1) is 19.9. The fraction of sp³-hybridized carbons (Fsp3) is 0.524. The summed E-state index contributed by atoms with van der Waals surface area (Å²) in [5.74, 6) is -0.876. The fourth-order valence-electron chi connectivity index (χ4n) is 4.15. The largest absolute Gasteiger partial charge is 0.463 e. The summed E-state index contributed by atoms with van der Waals surface area (Å²) in [5, 5.41) is 5.70. The molecule has 8 heteroatoms. The zero-order chi connectivity index (χ0) is 20.3. The minimum atomic E-state index is -0.545. The summed E-state index contributed by atoms with van der Waals surface area (Å²) in [6.07, 6.45) is 1.53. The lowest BCUT2D eigenvalue weighted by Gasteiger charge is -2.39. The Morgan fingerprint density at radius 3 is 2.55 bits per heavy atom. The number of hydrogen-bond donors (Lipinski definition) is 2. The second-order valence-electron chi connectivity index (χ2n) is 7.44. The molecular weight excluding hydrogens is 374 g/mol. The summed E-state index contributed by atoms with van der Waals surface area (Å²) in [4.78, 5) is 27.4. The molecule has 0 aromatic heterocycles. The maximum absolute atomic E-state index is 12.8. The van der Waals surface area contributed by atoms with Crippen LogP contribution in [0.2, 0.25) is 0 Å². The molecular formula is C21H27N3O5. The van der Waals surface area contributed by atoms with E-state index in [-0.39, 0.29) is 12.6 Å². The van der Waals surface area contributed by atoms with Crippen molar-refractivity contribution >= 4 is 12.0 Å². The van der Waals surface area contributed by atoms with Gasteiger partial charge in [0.15, 0.2) is 5.79 Å². The molecule has 2 N–H and O–H groups in total. The third-order valence-electron chi connectivity index (χ3n) is 5.60. The van der Waals surface area contributed by atoms with Crippen LogP contribution < -0.4 is 10.6 Å². The molecule has 2 amide bonds. The van der Waals surface area contributed by atoms with E-state index in [1.807, 2.05) is 30.3 Å². The smallest absolute Gasteiger partial charge is 0.338 e. The molecule has 4 rings (SSSR count). The van der Waals surface area contributed by atoms with Crippen molar-refractivity contribution in [3.8, 4) is 0 Å². The van der Waals surface area contributed by atoms with Crippen LogP contribution >= 0.6 is 0 Å². The molecule has 1 aromatic rings. The molecule has 3 aliphatic rings. The number of carbonyl (C=O) groups is 2. The maximum Gasteiger partial charge on any atom is 0.338 e. The molecule has 0 aliphatic carbocycles. The first-order chi connectivity index (χ1) is 14.1. The van der Waals surface area contributed by atoms with E-state index in [0.717, 1.165) is 31.5 Å². The monoisotopic (exact) mass is 401 g/mol. The number of esters is 1. The van der Waals surface area contributed by atoms with Crippen molar-refractivity contribution in [2.24, 2.45) is 0 Å². The Morgan fingerprint density at radius 2 is 1.90 bits per heavy atom. The Labute approximate surface area is 170 Å². The van der Waals surface area contributed by atoms with Gasteiger partial charge in [-0.05, 0) is 12.5 Å². The fourth-order valence-corrected chi connectivity index (χ4v) is 4.15. The summed E-state index contributed by atoms with van der Waals surface area (Å²) in [7, 11) is 0. The van der Waals surface area contributed by atoms with Gasteiger partial charge in [0.1, 0.15) is 0 Å². The number of carbonyl (C=O) groups excluding carboxylic acids is 2. The van der Waals surface area contributed by atoms with Gasteiger partial charge in [-0.15, -0.1) is 0 Å². The van der Waals surface area contributed by atoms with Gasteiger partial charge in [0.2, 0.25) is 0 Å². The summed E-state index contributed by atoms with van der Waals surface area (Å²) in [6.45, 7) is 5.30. The number of nitrogens with zero attached hydrogens (tertiary/aromatic N) is 1. The molecule has 0 radical (unpaired) electrons. The number of piperidine rings is 1. The van der Waals surface area contributed by atoms with Gasteiger partial charge >= 0.3 is 12.0 Å². The van der Waals surface area contributed by atoms with Gasteiger partial charge in [0.05, 0.1) is 31.4 Å². The number of ether oxygens (including phenoxy) is 3. The Hall–Kier alpha value is -2.42. The third-order valence-corrected chi connectivity index (χ3v) is 5.60. The van der Waals surface area contributed by atoms with Crippen LogP contribution in [0, 0.1) is 0 Å². The van der Waals surface area contributed by atoms with Crippen molar-refractivity contribution in [3.05, 3.63) is 47.2 Å². The minimum absolute atomic E-state index is 0.270. The van der Waals surface area contributed by atoms with Gasteiger partial charge in [-0.2, -0.15) is 0 Å². The highest BCUT2D eigenvalue weighted by molar-refractivity contribution is 5.95. The predicted molar refractivity (Wildman–Crippen MR) is 105 cm³/mol. The third kappa shape index (κ3) is 4.29. The Kier molecular flexibility index (Phi) is 5.84. The van der Waals surface area contributed by atoms with Crippen LogP contribution in [0.15, 0.2) is 41.6 Å². The van der Waals surface area contributed by atoms with Crippen molar-refractivity contribution in [2.75, 3.05) is 39.5 Å². The number of likely N-dealkylation sites (tertiary alicyclic amines) is 1. The van der Waals surface area contributed by atoms with E-state index in [1.165, 1.54) is 0 Å². The molecule has 1 unspecified atom stereocenters. The van der Waals surface area contributed by atoms with Crippen molar-refractivity contribution in [3.63, 3.8) is 0 Å². The number of amides is 2. The number of hydrogen-bond acceptors (Lipinski definition) is 6. The molecule has 2 fully saturated rings. The van der Waals surface area contributed by atoms with E-state index in [0.29, 0.717) is 31.0 Å². The molecule has 1 spiro atoms. The first-order valence-electron chi connectivity index (χ1n) is 10.1. The zero-order valence-electron chi connectivity index (χ0n) is 16.6. The zero-order valence-corrected chi connectivity index (χ0v) is 16.6. The highest BCUT2D eigenvalue weighted by Gasteiger charge is 2.41. The van der Waals surface area contributed by atoms with E-state index in [1.54, 1.807) is 6.92 Å². The van der Waals surface area contributed by atoms with E-state index in [2.05, 4.69) is 15.5 Å². The highest BCUT2D eigenvalue weighted by Crippen LogP contribution is 2.33. The summed E-state index contributed by atoms with van der Waals surface area (Å²) in [6, 6.07) is 8.60. The van der Waals surface area contributed by atoms with E-state index in [9.17, 15) is 9.59 Å². The van der Waals surface area contributed by atoms with E-state index < -0.39 is 17.8 Å². The van der Waals surface area contributed by atoms with Gasteiger partial charge in [0.25, 0.3) is 0 Å². The first-order valence-corrected chi connectivity index (χ1v) is 10.1. The van der Waals surface area contributed by atoms with Crippen LogP contribution in [0.3, 0.4) is 0 Å².